The first kappa shape index (κ1) is 6.94. The van der Waals surface area contributed by atoms with Crippen molar-refractivity contribution < 1.29 is 17.4 Å². The maximum atomic E-state index is 10.4. The first-order valence-electron chi connectivity index (χ1n) is 2.37. The Morgan fingerprint density at radius 3 is 2.67 bits per heavy atom. The third-order valence-electron chi connectivity index (χ3n) is 0.939. The highest BCUT2D eigenvalue weighted by molar-refractivity contribution is 7.86. The number of nitrogens with two attached hydrogens (primary N) is 1. The van der Waals surface area contributed by atoms with Gasteiger partial charge in [0.2, 0.25) is 0 Å². The van der Waals surface area contributed by atoms with Crippen LogP contribution in [0.1, 0.15) is 0 Å². The Morgan fingerprint density at radius 2 is 2.33 bits per heavy atom. The number of ether oxygens (including phenoxy) is 1. The van der Waals surface area contributed by atoms with Crippen LogP contribution in [-0.4, -0.2) is 26.9 Å². The molecule has 1 heterocycles. The van der Waals surface area contributed by atoms with E-state index in [2.05, 4.69) is 14.9 Å². The zero-order valence-corrected chi connectivity index (χ0v) is 5.43. The van der Waals surface area contributed by atoms with E-state index in [-0.39, 0.29) is 11.9 Å². The van der Waals surface area contributed by atoms with Crippen molar-refractivity contribution in [3.05, 3.63) is 0 Å². The molecule has 1 fully saturated rings. The van der Waals surface area contributed by atoms with Crippen molar-refractivity contribution in [2.75, 3.05) is 12.4 Å². The van der Waals surface area contributed by atoms with Crippen LogP contribution in [-0.2, 0) is 19.1 Å². The molecule has 0 aliphatic carbocycles. The predicted molar refractivity (Wildman–Crippen MR) is 28.8 cm³/mol. The molecule has 0 radical (unpaired) electrons. The maximum Gasteiger partial charge on any atom is 0.285 e. The summed E-state index contributed by atoms with van der Waals surface area (Å²) in [7, 11) is -3.50. The lowest BCUT2D eigenvalue weighted by atomic mass is 10.6. The van der Waals surface area contributed by atoms with Gasteiger partial charge in [-0.2, -0.15) is 18.6 Å². The average Bonchev–Trinajstić information content (AvgIpc) is 2.50. The SMILES string of the molecule is NOS(=O)(=O)CC1CO1. The summed E-state index contributed by atoms with van der Waals surface area (Å²) in [5, 5.41) is 0. The van der Waals surface area contributed by atoms with Gasteiger partial charge in [-0.3, -0.25) is 0 Å². The summed E-state index contributed by atoms with van der Waals surface area (Å²) in [4.78, 5) is 0. The largest absolute Gasteiger partial charge is 0.372 e. The van der Waals surface area contributed by atoms with Crippen molar-refractivity contribution in [1.29, 1.82) is 0 Å². The summed E-state index contributed by atoms with van der Waals surface area (Å²) in [5.41, 5.74) is 0. The van der Waals surface area contributed by atoms with Crippen molar-refractivity contribution in [2.45, 2.75) is 6.10 Å². The van der Waals surface area contributed by atoms with E-state index < -0.39 is 10.1 Å². The number of epoxide rings is 1. The molecule has 0 amide bonds. The van der Waals surface area contributed by atoms with Gasteiger partial charge in [-0.1, -0.05) is 0 Å². The second-order valence-corrected chi connectivity index (χ2v) is 3.42. The van der Waals surface area contributed by atoms with Gasteiger partial charge in [-0.15, -0.1) is 0 Å². The molecule has 0 aromatic rings. The van der Waals surface area contributed by atoms with Gasteiger partial charge >= 0.3 is 0 Å². The molecule has 5 nitrogen and oxygen atoms in total. The van der Waals surface area contributed by atoms with Crippen LogP contribution in [0, 0.1) is 0 Å². The summed E-state index contributed by atoms with van der Waals surface area (Å²) < 4.78 is 29.2. The molecule has 1 rings (SSSR count). The molecule has 0 bridgehead atoms. The number of hydrogen-bond acceptors (Lipinski definition) is 5. The molecule has 0 aromatic heterocycles. The summed E-state index contributed by atoms with van der Waals surface area (Å²) in [6.45, 7) is 0.489. The minimum Gasteiger partial charge on any atom is -0.372 e. The van der Waals surface area contributed by atoms with Crippen LogP contribution in [0.15, 0.2) is 0 Å². The lowest BCUT2D eigenvalue weighted by Gasteiger charge is -1.93. The molecule has 2 N–H and O–H groups in total. The van der Waals surface area contributed by atoms with Crippen LogP contribution >= 0.6 is 0 Å². The molecule has 1 unspecified atom stereocenters. The Kier molecular flexibility index (Phi) is 1.71. The van der Waals surface area contributed by atoms with E-state index in [0.717, 1.165) is 0 Å². The van der Waals surface area contributed by atoms with Crippen molar-refractivity contribution in [2.24, 2.45) is 5.90 Å². The summed E-state index contributed by atoms with van der Waals surface area (Å²) in [6, 6.07) is 0. The molecule has 0 spiro atoms. The second-order valence-electron chi connectivity index (χ2n) is 1.78. The van der Waals surface area contributed by atoms with E-state index in [1.807, 2.05) is 0 Å². The normalized spacial score (nSPS) is 26.1. The monoisotopic (exact) mass is 153 g/mol. The highest BCUT2D eigenvalue weighted by atomic mass is 32.2. The zero-order chi connectivity index (χ0) is 6.91. The van der Waals surface area contributed by atoms with Gasteiger partial charge < -0.3 is 4.74 Å². The minimum atomic E-state index is -3.50. The van der Waals surface area contributed by atoms with Crippen LogP contribution in [0.2, 0.25) is 0 Å². The third kappa shape index (κ3) is 2.27. The minimum absolute atomic E-state index is 0.135. The fourth-order valence-electron chi connectivity index (χ4n) is 0.431. The third-order valence-corrected chi connectivity index (χ3v) is 2.01. The van der Waals surface area contributed by atoms with Gasteiger partial charge in [0.25, 0.3) is 10.1 Å². The molecule has 1 saturated heterocycles. The topological polar surface area (TPSA) is 81.9 Å². The van der Waals surface area contributed by atoms with Crippen LogP contribution < -0.4 is 5.90 Å². The van der Waals surface area contributed by atoms with Crippen LogP contribution in [0.3, 0.4) is 0 Å². The fraction of sp³-hybridized carbons (Fsp3) is 1.00. The van der Waals surface area contributed by atoms with E-state index in [1.165, 1.54) is 0 Å². The smallest absolute Gasteiger partial charge is 0.285 e. The van der Waals surface area contributed by atoms with Gasteiger partial charge in [0.1, 0.15) is 5.75 Å². The van der Waals surface area contributed by atoms with Crippen molar-refractivity contribution in [1.82, 2.24) is 0 Å². The molecule has 6 heteroatoms. The average molecular weight is 153 g/mol. The van der Waals surface area contributed by atoms with Crippen molar-refractivity contribution in [3.8, 4) is 0 Å². The van der Waals surface area contributed by atoms with Crippen LogP contribution in [0.5, 0.6) is 0 Å². The fourth-order valence-corrected chi connectivity index (χ4v) is 1.16. The van der Waals surface area contributed by atoms with Crippen molar-refractivity contribution in [3.63, 3.8) is 0 Å². The first-order valence-corrected chi connectivity index (χ1v) is 3.94. The lowest BCUT2D eigenvalue weighted by Crippen LogP contribution is -2.17. The van der Waals surface area contributed by atoms with Crippen molar-refractivity contribution >= 4 is 10.1 Å². The van der Waals surface area contributed by atoms with Gasteiger partial charge in [0.15, 0.2) is 0 Å². The summed E-state index contributed by atoms with van der Waals surface area (Å²) in [6.07, 6.45) is -0.196. The van der Waals surface area contributed by atoms with Crippen LogP contribution in [0.25, 0.3) is 0 Å². The van der Waals surface area contributed by atoms with Crippen LogP contribution in [0.4, 0.5) is 0 Å². The van der Waals surface area contributed by atoms with E-state index in [4.69, 9.17) is 0 Å². The standard InChI is InChI=1S/C3H7NO4S/c4-8-9(5,6)2-3-1-7-3/h3H,1-2,4H2. The first-order chi connectivity index (χ1) is 4.14. The molecule has 54 valence electrons. The lowest BCUT2D eigenvalue weighted by molar-refractivity contribution is 0.327. The van der Waals surface area contributed by atoms with Gasteiger partial charge in [-0.25, -0.2) is 0 Å². The number of hydrogen-bond donors (Lipinski definition) is 1. The second kappa shape index (κ2) is 2.22. The molecule has 0 saturated carbocycles. The number of rotatable bonds is 3. The Hall–Kier alpha value is -0.170. The van der Waals surface area contributed by atoms with E-state index >= 15 is 0 Å². The van der Waals surface area contributed by atoms with E-state index in [0.29, 0.717) is 6.61 Å². The maximum absolute atomic E-state index is 10.4. The Morgan fingerprint density at radius 1 is 1.78 bits per heavy atom. The highest BCUT2D eigenvalue weighted by Crippen LogP contribution is 2.11. The Balaban J connectivity index is 2.40. The molecule has 1 aliphatic heterocycles. The molecule has 0 aromatic carbocycles. The molecular formula is C3H7NO4S. The summed E-state index contributed by atoms with van der Waals surface area (Å²) >= 11 is 0. The zero-order valence-electron chi connectivity index (χ0n) is 4.61. The quantitative estimate of drug-likeness (QED) is 0.398. The van der Waals surface area contributed by atoms with E-state index in [1.54, 1.807) is 0 Å². The van der Waals surface area contributed by atoms with Gasteiger partial charge in [0.05, 0.1) is 12.7 Å². The van der Waals surface area contributed by atoms with E-state index in [9.17, 15) is 8.42 Å². The Labute approximate surface area is 52.8 Å². The molecule has 9 heavy (non-hydrogen) atoms. The predicted octanol–water partition coefficient (Wildman–Crippen LogP) is -1.39. The molecular weight excluding hydrogens is 146 g/mol. The molecule has 1 atom stereocenters. The van der Waals surface area contributed by atoms with Gasteiger partial charge in [0, 0.05) is 0 Å². The molecule has 1 aliphatic rings. The highest BCUT2D eigenvalue weighted by Gasteiger charge is 2.29. The van der Waals surface area contributed by atoms with Gasteiger partial charge in [-0.05, 0) is 0 Å². The Bertz CT molecular complexity index is 182. The summed E-state index contributed by atoms with van der Waals surface area (Å²) in [5.74, 6) is 4.30.